The van der Waals surface area contributed by atoms with Crippen LogP contribution in [0.5, 0.6) is 0 Å². The van der Waals surface area contributed by atoms with Gasteiger partial charge in [0.2, 0.25) is 0 Å². The van der Waals surface area contributed by atoms with Gasteiger partial charge < -0.3 is 14.8 Å². The molecule has 0 radical (unpaired) electrons. The third-order valence-electron chi connectivity index (χ3n) is 5.19. The van der Waals surface area contributed by atoms with Crippen LogP contribution in [0.1, 0.15) is 41.7 Å². The second-order valence-corrected chi connectivity index (χ2v) is 7.09. The Morgan fingerprint density at radius 2 is 1.92 bits per heavy atom. The first-order chi connectivity index (χ1) is 12.6. The molecule has 26 heavy (non-hydrogen) atoms. The maximum atomic E-state index is 12.6. The van der Waals surface area contributed by atoms with E-state index < -0.39 is 0 Å². The number of nitrogens with one attached hydrogen (secondary N) is 1. The van der Waals surface area contributed by atoms with Crippen LogP contribution in [-0.4, -0.2) is 50.9 Å². The van der Waals surface area contributed by atoms with Crippen LogP contribution in [0.3, 0.4) is 0 Å². The zero-order chi connectivity index (χ0) is 18.1. The summed E-state index contributed by atoms with van der Waals surface area (Å²) in [6.45, 7) is 3.30. The second kappa shape index (κ2) is 6.90. The van der Waals surface area contributed by atoms with E-state index in [4.69, 9.17) is 0 Å². The number of amides is 1. The number of H-pyrrole nitrogens is 1. The normalized spacial score (nSPS) is 18.0. The van der Waals surface area contributed by atoms with E-state index in [-0.39, 0.29) is 17.0 Å². The topological polar surface area (TPSA) is 82.2 Å². The molecule has 1 saturated carbocycles. The molecule has 136 valence electrons. The molecule has 1 saturated heterocycles. The van der Waals surface area contributed by atoms with Crippen molar-refractivity contribution in [3.63, 3.8) is 0 Å². The molecule has 0 atom stereocenters. The first kappa shape index (κ1) is 16.8. The van der Waals surface area contributed by atoms with Crippen molar-refractivity contribution >= 4 is 11.7 Å². The summed E-state index contributed by atoms with van der Waals surface area (Å²) in [5.41, 5.74) is 0.865. The number of aromatic nitrogens is 3. The predicted molar refractivity (Wildman–Crippen MR) is 98.3 cm³/mol. The average molecular weight is 353 g/mol. The molecule has 0 unspecified atom stereocenters. The molecular formula is C19H23N5O2. The van der Waals surface area contributed by atoms with Crippen molar-refractivity contribution in [2.24, 2.45) is 0 Å². The fraction of sp³-hybridized carbons (Fsp3) is 0.474. The Morgan fingerprint density at radius 3 is 2.58 bits per heavy atom. The van der Waals surface area contributed by atoms with Gasteiger partial charge in [0.1, 0.15) is 17.7 Å². The minimum atomic E-state index is -0.323. The van der Waals surface area contributed by atoms with Crippen molar-refractivity contribution < 1.29 is 4.79 Å². The molecule has 2 aromatic rings. The quantitative estimate of drug-likeness (QED) is 0.905. The van der Waals surface area contributed by atoms with E-state index in [2.05, 4.69) is 19.9 Å². The minimum absolute atomic E-state index is 0.179. The lowest BCUT2D eigenvalue weighted by molar-refractivity contribution is 0.0710. The highest BCUT2D eigenvalue weighted by Gasteiger charge is 2.37. The summed E-state index contributed by atoms with van der Waals surface area (Å²) < 4.78 is 0. The summed E-state index contributed by atoms with van der Waals surface area (Å²) in [4.78, 5) is 40.0. The molecule has 1 aliphatic heterocycles. The standard InChI is InChI=1S/C19H23N5O2/c1-13-11-17(22-12-21-13)24(14-4-5-14)15-6-9-23(10-7-15)19(26)16-3-2-8-20-18(16)25/h2-3,8,11-12,14-15H,4-7,9-10H2,1H3,(H,20,25). The van der Waals surface area contributed by atoms with Crippen molar-refractivity contribution in [3.8, 4) is 0 Å². The highest BCUT2D eigenvalue weighted by Crippen LogP contribution is 2.35. The van der Waals surface area contributed by atoms with Gasteiger partial charge in [-0.2, -0.15) is 0 Å². The Morgan fingerprint density at radius 1 is 1.19 bits per heavy atom. The van der Waals surface area contributed by atoms with Crippen LogP contribution in [0, 0.1) is 6.92 Å². The zero-order valence-electron chi connectivity index (χ0n) is 14.9. The van der Waals surface area contributed by atoms with Gasteiger partial charge in [0.25, 0.3) is 11.5 Å². The lowest BCUT2D eigenvalue weighted by Gasteiger charge is -2.39. The molecule has 1 N–H and O–H groups in total. The first-order valence-electron chi connectivity index (χ1n) is 9.17. The van der Waals surface area contributed by atoms with Crippen molar-refractivity contribution in [2.45, 2.75) is 44.7 Å². The van der Waals surface area contributed by atoms with Gasteiger partial charge in [-0.1, -0.05) is 0 Å². The molecule has 2 aromatic heterocycles. The molecule has 2 fully saturated rings. The number of pyridine rings is 1. The van der Waals surface area contributed by atoms with Gasteiger partial charge in [-0.25, -0.2) is 9.97 Å². The van der Waals surface area contributed by atoms with E-state index in [1.165, 1.54) is 12.8 Å². The highest BCUT2D eigenvalue weighted by atomic mass is 16.2. The number of carbonyl (C=O) groups is 1. The summed E-state index contributed by atoms with van der Waals surface area (Å²) in [5, 5.41) is 0. The summed E-state index contributed by atoms with van der Waals surface area (Å²) in [5.74, 6) is 0.811. The van der Waals surface area contributed by atoms with Gasteiger partial charge >= 0.3 is 0 Å². The molecule has 0 spiro atoms. The molecule has 1 aliphatic carbocycles. The van der Waals surface area contributed by atoms with Crippen LogP contribution in [0.4, 0.5) is 5.82 Å². The second-order valence-electron chi connectivity index (χ2n) is 7.09. The molecule has 4 rings (SSSR count). The van der Waals surface area contributed by atoms with Gasteiger partial charge in [0.05, 0.1) is 0 Å². The number of hydrogen-bond donors (Lipinski definition) is 1. The molecule has 1 amide bonds. The van der Waals surface area contributed by atoms with Crippen LogP contribution in [0.2, 0.25) is 0 Å². The summed E-state index contributed by atoms with van der Waals surface area (Å²) in [6, 6.07) is 6.24. The van der Waals surface area contributed by atoms with Gasteiger partial charge in [-0.3, -0.25) is 9.59 Å². The third kappa shape index (κ3) is 3.34. The summed E-state index contributed by atoms with van der Waals surface area (Å²) in [6.07, 6.45) is 7.33. The number of carbonyl (C=O) groups excluding carboxylic acids is 1. The number of anilines is 1. The lowest BCUT2D eigenvalue weighted by Crippen LogP contribution is -2.48. The monoisotopic (exact) mass is 353 g/mol. The maximum Gasteiger partial charge on any atom is 0.260 e. The van der Waals surface area contributed by atoms with E-state index in [0.717, 1.165) is 24.4 Å². The molecule has 7 heteroatoms. The Balaban J connectivity index is 1.46. The Labute approximate surface area is 152 Å². The van der Waals surface area contributed by atoms with Crippen LogP contribution < -0.4 is 10.5 Å². The molecule has 0 bridgehead atoms. The minimum Gasteiger partial charge on any atom is -0.350 e. The van der Waals surface area contributed by atoms with Crippen molar-refractivity contribution in [1.29, 1.82) is 0 Å². The number of rotatable bonds is 4. The molecule has 0 aromatic carbocycles. The molecule has 3 heterocycles. The van der Waals surface area contributed by atoms with Crippen molar-refractivity contribution in [3.05, 3.63) is 52.3 Å². The number of likely N-dealkylation sites (tertiary alicyclic amines) is 1. The number of aromatic amines is 1. The average Bonchev–Trinajstić information content (AvgIpc) is 3.47. The molecule has 2 aliphatic rings. The van der Waals surface area contributed by atoms with E-state index in [9.17, 15) is 9.59 Å². The lowest BCUT2D eigenvalue weighted by atomic mass is 10.0. The summed E-state index contributed by atoms with van der Waals surface area (Å²) in [7, 11) is 0. The van der Waals surface area contributed by atoms with Crippen LogP contribution in [0.25, 0.3) is 0 Å². The molecule has 7 nitrogen and oxygen atoms in total. The number of piperidine rings is 1. The first-order valence-corrected chi connectivity index (χ1v) is 9.17. The maximum absolute atomic E-state index is 12.6. The Kier molecular flexibility index (Phi) is 4.44. The van der Waals surface area contributed by atoms with Crippen LogP contribution in [-0.2, 0) is 0 Å². The van der Waals surface area contributed by atoms with E-state index >= 15 is 0 Å². The van der Waals surface area contributed by atoms with Crippen molar-refractivity contribution in [2.75, 3.05) is 18.0 Å². The third-order valence-corrected chi connectivity index (χ3v) is 5.19. The van der Waals surface area contributed by atoms with Gasteiger partial charge in [-0.15, -0.1) is 0 Å². The van der Waals surface area contributed by atoms with Crippen molar-refractivity contribution in [1.82, 2.24) is 19.9 Å². The smallest absolute Gasteiger partial charge is 0.260 e. The van der Waals surface area contributed by atoms with Crippen LogP contribution >= 0.6 is 0 Å². The van der Waals surface area contributed by atoms with Gasteiger partial charge in [0.15, 0.2) is 0 Å². The van der Waals surface area contributed by atoms with Crippen LogP contribution in [0.15, 0.2) is 35.5 Å². The zero-order valence-corrected chi connectivity index (χ0v) is 14.9. The summed E-state index contributed by atoms with van der Waals surface area (Å²) >= 11 is 0. The number of nitrogens with zero attached hydrogens (tertiary/aromatic N) is 4. The highest BCUT2D eigenvalue weighted by molar-refractivity contribution is 5.93. The largest absolute Gasteiger partial charge is 0.350 e. The van der Waals surface area contributed by atoms with E-state index in [1.807, 2.05) is 13.0 Å². The van der Waals surface area contributed by atoms with E-state index in [1.54, 1.807) is 29.6 Å². The van der Waals surface area contributed by atoms with Gasteiger partial charge in [0, 0.05) is 43.1 Å². The Bertz CT molecular complexity index is 853. The predicted octanol–water partition coefficient (Wildman–Crippen LogP) is 1.75. The van der Waals surface area contributed by atoms with E-state index in [0.29, 0.717) is 25.2 Å². The number of aryl methyl sites for hydroxylation is 1. The Hall–Kier alpha value is -2.70. The SMILES string of the molecule is Cc1cc(N(C2CC2)C2CCN(C(=O)c3ccc[nH]c3=O)CC2)ncn1. The molecular weight excluding hydrogens is 330 g/mol. The number of hydrogen-bond acceptors (Lipinski definition) is 5. The fourth-order valence-electron chi connectivity index (χ4n) is 3.71. The van der Waals surface area contributed by atoms with Gasteiger partial charge in [-0.05, 0) is 44.7 Å². The fourth-order valence-corrected chi connectivity index (χ4v) is 3.71.